The van der Waals surface area contributed by atoms with E-state index in [0.717, 1.165) is 9.37 Å². The van der Waals surface area contributed by atoms with E-state index in [0.29, 0.717) is 11.1 Å². The first-order valence-corrected chi connectivity index (χ1v) is 9.00. The van der Waals surface area contributed by atoms with Gasteiger partial charge in [-0.2, -0.15) is 0 Å². The van der Waals surface area contributed by atoms with Gasteiger partial charge in [0.1, 0.15) is 17.9 Å². The van der Waals surface area contributed by atoms with Crippen LogP contribution >= 0.6 is 15.9 Å². The third kappa shape index (κ3) is 4.00. The molecule has 27 heavy (non-hydrogen) atoms. The molecule has 140 valence electrons. The second-order valence-electron chi connectivity index (χ2n) is 6.36. The quantitative estimate of drug-likeness (QED) is 0.711. The minimum Gasteiger partial charge on any atom is -0.350 e. The van der Waals surface area contributed by atoms with E-state index in [4.69, 9.17) is 0 Å². The van der Waals surface area contributed by atoms with Gasteiger partial charge in [0.25, 0.3) is 5.91 Å². The first-order valence-electron chi connectivity index (χ1n) is 8.21. The van der Waals surface area contributed by atoms with Crippen LogP contribution in [0.4, 0.5) is 9.18 Å². The maximum atomic E-state index is 12.9. The predicted octanol–water partition coefficient (Wildman–Crippen LogP) is 2.67. The summed E-state index contributed by atoms with van der Waals surface area (Å²) in [6, 6.07) is 12.1. The highest BCUT2D eigenvalue weighted by molar-refractivity contribution is 9.10. The molecule has 1 aliphatic heterocycles. The van der Waals surface area contributed by atoms with Crippen molar-refractivity contribution in [2.45, 2.75) is 19.0 Å². The highest BCUT2D eigenvalue weighted by Crippen LogP contribution is 2.30. The molecule has 8 heteroatoms. The van der Waals surface area contributed by atoms with Crippen molar-refractivity contribution in [2.24, 2.45) is 0 Å². The molecular formula is C19H17BrFN3O3. The molecule has 3 rings (SSSR count). The smallest absolute Gasteiger partial charge is 0.325 e. The Morgan fingerprint density at radius 3 is 2.59 bits per heavy atom. The lowest BCUT2D eigenvalue weighted by Gasteiger charge is -2.22. The van der Waals surface area contributed by atoms with Crippen molar-refractivity contribution in [1.82, 2.24) is 15.5 Å². The minimum atomic E-state index is -1.24. The molecule has 4 amide bonds. The molecule has 0 radical (unpaired) electrons. The van der Waals surface area contributed by atoms with Crippen LogP contribution in [0.3, 0.4) is 0 Å². The topological polar surface area (TPSA) is 78.5 Å². The van der Waals surface area contributed by atoms with E-state index >= 15 is 0 Å². The molecule has 1 fully saturated rings. The van der Waals surface area contributed by atoms with Gasteiger partial charge in [0, 0.05) is 11.0 Å². The van der Waals surface area contributed by atoms with Crippen LogP contribution in [-0.2, 0) is 21.7 Å². The molecule has 1 aliphatic rings. The molecule has 0 aromatic heterocycles. The third-order valence-corrected chi connectivity index (χ3v) is 4.87. The molecule has 1 saturated heterocycles. The summed E-state index contributed by atoms with van der Waals surface area (Å²) in [6.07, 6.45) is 0. The number of rotatable bonds is 5. The highest BCUT2D eigenvalue weighted by Gasteiger charge is 2.49. The molecule has 0 unspecified atom stereocenters. The first-order chi connectivity index (χ1) is 12.8. The molecular weight excluding hydrogens is 417 g/mol. The molecule has 2 aromatic rings. The van der Waals surface area contributed by atoms with Crippen LogP contribution in [0.1, 0.15) is 18.1 Å². The number of urea groups is 1. The van der Waals surface area contributed by atoms with Crippen LogP contribution in [-0.4, -0.2) is 29.3 Å². The van der Waals surface area contributed by atoms with Gasteiger partial charge in [0.2, 0.25) is 5.91 Å². The minimum absolute atomic E-state index is 0.172. The number of halogens is 2. The molecule has 6 nitrogen and oxygen atoms in total. The van der Waals surface area contributed by atoms with E-state index in [-0.39, 0.29) is 12.4 Å². The summed E-state index contributed by atoms with van der Waals surface area (Å²) < 4.78 is 13.7. The fourth-order valence-corrected chi connectivity index (χ4v) is 3.24. The first kappa shape index (κ1) is 19.0. The summed E-state index contributed by atoms with van der Waals surface area (Å²) in [6.45, 7) is 1.38. The molecule has 0 spiro atoms. The molecule has 0 bridgehead atoms. The lowest BCUT2D eigenvalue weighted by Crippen LogP contribution is -2.43. The Balaban J connectivity index is 1.66. The summed E-state index contributed by atoms with van der Waals surface area (Å²) in [5.74, 6) is -1.35. The molecule has 1 atom stereocenters. The zero-order chi connectivity index (χ0) is 19.6. The van der Waals surface area contributed by atoms with E-state index in [9.17, 15) is 18.8 Å². The number of hydrogen-bond donors (Lipinski definition) is 2. The Bertz CT molecular complexity index is 903. The van der Waals surface area contributed by atoms with Crippen molar-refractivity contribution >= 4 is 33.8 Å². The van der Waals surface area contributed by atoms with Crippen LogP contribution in [0.2, 0.25) is 0 Å². The average molecular weight is 434 g/mol. The van der Waals surface area contributed by atoms with Crippen molar-refractivity contribution in [3.8, 4) is 0 Å². The van der Waals surface area contributed by atoms with Gasteiger partial charge in [-0.25, -0.2) is 9.18 Å². The maximum absolute atomic E-state index is 12.9. The number of nitrogens with zero attached hydrogens (tertiary/aromatic N) is 1. The summed E-state index contributed by atoms with van der Waals surface area (Å²) >= 11 is 3.35. The number of hydrogen-bond acceptors (Lipinski definition) is 3. The largest absolute Gasteiger partial charge is 0.350 e. The van der Waals surface area contributed by atoms with Crippen molar-refractivity contribution < 1.29 is 18.8 Å². The van der Waals surface area contributed by atoms with Gasteiger partial charge in [-0.05, 0) is 42.3 Å². The second-order valence-corrected chi connectivity index (χ2v) is 7.28. The monoisotopic (exact) mass is 433 g/mol. The molecule has 1 heterocycles. The van der Waals surface area contributed by atoms with Crippen LogP contribution in [0.5, 0.6) is 0 Å². The van der Waals surface area contributed by atoms with E-state index in [1.807, 2.05) is 6.07 Å². The second kappa shape index (κ2) is 7.48. The lowest BCUT2D eigenvalue weighted by atomic mass is 9.92. The molecule has 0 saturated carbocycles. The summed E-state index contributed by atoms with van der Waals surface area (Å²) in [7, 11) is 0. The molecule has 2 aromatic carbocycles. The Hall–Kier alpha value is -2.74. The SMILES string of the molecule is C[C@]1(c2cccc(Br)c2)NC(=O)N(CC(=O)NCc2ccc(F)cc2)C1=O. The van der Waals surface area contributed by atoms with E-state index in [2.05, 4.69) is 26.6 Å². The standard InChI is InChI=1S/C19H17BrFN3O3/c1-19(13-3-2-4-14(20)9-13)17(26)24(18(27)23-19)11-16(25)22-10-12-5-7-15(21)8-6-12/h2-9H,10-11H2,1H3,(H,22,25)(H,23,27)/t19-/m1/s1. The number of benzene rings is 2. The third-order valence-electron chi connectivity index (χ3n) is 4.38. The Morgan fingerprint density at radius 1 is 1.22 bits per heavy atom. The summed E-state index contributed by atoms with van der Waals surface area (Å²) in [5, 5.41) is 5.27. The highest BCUT2D eigenvalue weighted by atomic mass is 79.9. The summed E-state index contributed by atoms with van der Waals surface area (Å²) in [4.78, 5) is 38.1. The fourth-order valence-electron chi connectivity index (χ4n) is 2.84. The number of nitrogens with one attached hydrogen (secondary N) is 2. The van der Waals surface area contributed by atoms with Gasteiger partial charge < -0.3 is 10.6 Å². The van der Waals surface area contributed by atoms with Crippen LogP contribution in [0.15, 0.2) is 53.0 Å². The van der Waals surface area contributed by atoms with Crippen molar-refractivity contribution in [2.75, 3.05) is 6.54 Å². The van der Waals surface area contributed by atoms with E-state index in [1.54, 1.807) is 37.3 Å². The van der Waals surface area contributed by atoms with Crippen molar-refractivity contribution in [1.29, 1.82) is 0 Å². The Kier molecular flexibility index (Phi) is 5.27. The summed E-state index contributed by atoms with van der Waals surface area (Å²) in [5.41, 5.74) is 0.0864. The van der Waals surface area contributed by atoms with Gasteiger partial charge in [0.15, 0.2) is 0 Å². The maximum Gasteiger partial charge on any atom is 0.325 e. The number of imide groups is 1. The van der Waals surface area contributed by atoms with Crippen molar-refractivity contribution in [3.05, 3.63) is 69.9 Å². The van der Waals surface area contributed by atoms with Gasteiger partial charge in [-0.3, -0.25) is 14.5 Å². The van der Waals surface area contributed by atoms with Gasteiger partial charge >= 0.3 is 6.03 Å². The Labute approximate surface area is 163 Å². The average Bonchev–Trinajstić information content (AvgIpc) is 2.85. The molecule has 2 N–H and O–H groups in total. The predicted molar refractivity (Wildman–Crippen MR) is 100.0 cm³/mol. The van der Waals surface area contributed by atoms with Crippen LogP contribution in [0, 0.1) is 5.82 Å². The fraction of sp³-hybridized carbons (Fsp3) is 0.211. The molecule has 0 aliphatic carbocycles. The lowest BCUT2D eigenvalue weighted by molar-refractivity contribution is -0.134. The normalized spacial score (nSPS) is 19.1. The van der Waals surface area contributed by atoms with Gasteiger partial charge in [-0.1, -0.05) is 40.2 Å². The van der Waals surface area contributed by atoms with Crippen LogP contribution in [0.25, 0.3) is 0 Å². The zero-order valence-electron chi connectivity index (χ0n) is 14.5. The van der Waals surface area contributed by atoms with Gasteiger partial charge in [0.05, 0.1) is 0 Å². The Morgan fingerprint density at radius 2 is 1.93 bits per heavy atom. The van der Waals surface area contributed by atoms with E-state index < -0.39 is 29.9 Å². The van der Waals surface area contributed by atoms with Gasteiger partial charge in [-0.15, -0.1) is 0 Å². The number of carbonyl (C=O) groups excluding carboxylic acids is 3. The van der Waals surface area contributed by atoms with Crippen molar-refractivity contribution in [3.63, 3.8) is 0 Å². The number of amides is 4. The zero-order valence-corrected chi connectivity index (χ0v) is 16.0. The van der Waals surface area contributed by atoms with Crippen LogP contribution < -0.4 is 10.6 Å². The van der Waals surface area contributed by atoms with E-state index in [1.165, 1.54) is 12.1 Å². The number of carbonyl (C=O) groups is 3.